The largest absolute Gasteiger partial charge is 0.331 e. The lowest BCUT2D eigenvalue weighted by atomic mass is 9.97. The third kappa shape index (κ3) is 3.81. The van der Waals surface area contributed by atoms with Gasteiger partial charge in [-0.1, -0.05) is 66.7 Å². The molecule has 24 heavy (non-hydrogen) atoms. The second-order valence-corrected chi connectivity index (χ2v) is 6.50. The van der Waals surface area contributed by atoms with Crippen molar-refractivity contribution in [3.05, 3.63) is 100 Å². The van der Waals surface area contributed by atoms with Crippen LogP contribution in [0.4, 0.5) is 0 Å². The number of carbonyl (C=O) groups is 1. The van der Waals surface area contributed by atoms with Crippen LogP contribution in [0.5, 0.6) is 0 Å². The van der Waals surface area contributed by atoms with Gasteiger partial charge < -0.3 is 4.90 Å². The average molecular weight is 333 g/mol. The first-order valence-electron chi connectivity index (χ1n) is 7.84. The number of thiophene rings is 1. The molecule has 2 aromatic carbocycles. The van der Waals surface area contributed by atoms with Gasteiger partial charge in [-0.25, -0.2) is 0 Å². The zero-order chi connectivity index (χ0) is 16.8. The van der Waals surface area contributed by atoms with Crippen molar-refractivity contribution in [1.29, 1.82) is 0 Å². The summed E-state index contributed by atoms with van der Waals surface area (Å²) in [5.41, 5.74) is 2.20. The van der Waals surface area contributed by atoms with Crippen LogP contribution < -0.4 is 0 Å². The van der Waals surface area contributed by atoms with Crippen LogP contribution in [0.2, 0.25) is 0 Å². The highest BCUT2D eigenvalue weighted by atomic mass is 32.1. The molecule has 1 aromatic heterocycles. The van der Waals surface area contributed by atoms with Gasteiger partial charge in [0, 0.05) is 18.0 Å². The molecule has 0 saturated heterocycles. The van der Waals surface area contributed by atoms with E-state index in [1.165, 1.54) is 0 Å². The molecule has 120 valence electrons. The summed E-state index contributed by atoms with van der Waals surface area (Å²) in [4.78, 5) is 15.5. The van der Waals surface area contributed by atoms with Crippen molar-refractivity contribution in [2.24, 2.45) is 0 Å². The third-order valence-corrected chi connectivity index (χ3v) is 4.74. The van der Waals surface area contributed by atoms with Gasteiger partial charge in [0.1, 0.15) is 0 Å². The molecular weight excluding hydrogens is 314 g/mol. The molecule has 0 bridgehead atoms. The summed E-state index contributed by atoms with van der Waals surface area (Å²) in [6, 6.07) is 24.1. The zero-order valence-corrected chi connectivity index (χ0v) is 14.3. The highest BCUT2D eigenvalue weighted by molar-refractivity contribution is 7.10. The molecule has 0 fully saturated rings. The maximum absolute atomic E-state index is 12.7. The van der Waals surface area contributed by atoms with Crippen LogP contribution >= 0.6 is 11.3 Å². The van der Waals surface area contributed by atoms with E-state index in [-0.39, 0.29) is 11.9 Å². The van der Waals surface area contributed by atoms with Gasteiger partial charge in [0.05, 0.1) is 6.04 Å². The quantitative estimate of drug-likeness (QED) is 0.601. The fourth-order valence-electron chi connectivity index (χ4n) is 2.69. The fraction of sp³-hybridized carbons (Fsp3) is 0.0952. The van der Waals surface area contributed by atoms with E-state index in [0.717, 1.165) is 16.0 Å². The van der Waals surface area contributed by atoms with Crippen molar-refractivity contribution in [2.45, 2.75) is 6.04 Å². The number of benzene rings is 2. The average Bonchev–Trinajstić information content (AvgIpc) is 3.15. The van der Waals surface area contributed by atoms with Gasteiger partial charge in [-0.3, -0.25) is 4.79 Å². The van der Waals surface area contributed by atoms with Crippen LogP contribution in [0.25, 0.3) is 6.08 Å². The van der Waals surface area contributed by atoms with E-state index in [1.807, 2.05) is 67.0 Å². The Morgan fingerprint density at radius 1 is 0.917 bits per heavy atom. The van der Waals surface area contributed by atoms with Crippen LogP contribution in [0.15, 0.2) is 84.3 Å². The van der Waals surface area contributed by atoms with Gasteiger partial charge in [-0.2, -0.15) is 0 Å². The first kappa shape index (κ1) is 16.2. The molecule has 0 unspecified atom stereocenters. The number of carbonyl (C=O) groups excluding carboxylic acids is 1. The summed E-state index contributed by atoms with van der Waals surface area (Å²) in [6.45, 7) is 0. The van der Waals surface area contributed by atoms with Gasteiger partial charge in [0.2, 0.25) is 5.91 Å². The number of likely N-dealkylation sites (N-methyl/N-ethyl adjacent to an activating group) is 1. The Kier molecular flexibility index (Phi) is 5.24. The van der Waals surface area contributed by atoms with E-state index in [9.17, 15) is 4.79 Å². The Morgan fingerprint density at radius 2 is 1.50 bits per heavy atom. The Bertz CT molecular complexity index is 755. The summed E-state index contributed by atoms with van der Waals surface area (Å²) < 4.78 is 0. The van der Waals surface area contributed by atoms with E-state index in [2.05, 4.69) is 24.3 Å². The maximum atomic E-state index is 12.7. The van der Waals surface area contributed by atoms with Gasteiger partial charge in [-0.15, -0.1) is 11.3 Å². The smallest absolute Gasteiger partial charge is 0.247 e. The molecule has 1 amide bonds. The van der Waals surface area contributed by atoms with E-state index in [1.54, 1.807) is 22.3 Å². The SMILES string of the molecule is CN(C(=O)/C=C/c1cccs1)C(c1ccccc1)c1ccccc1. The van der Waals surface area contributed by atoms with E-state index >= 15 is 0 Å². The maximum Gasteiger partial charge on any atom is 0.247 e. The highest BCUT2D eigenvalue weighted by Gasteiger charge is 2.21. The first-order valence-corrected chi connectivity index (χ1v) is 8.72. The molecule has 1 heterocycles. The van der Waals surface area contributed by atoms with Crippen molar-refractivity contribution in [1.82, 2.24) is 4.90 Å². The Hall–Kier alpha value is -2.65. The highest BCUT2D eigenvalue weighted by Crippen LogP contribution is 2.27. The number of hydrogen-bond acceptors (Lipinski definition) is 2. The molecule has 0 aliphatic carbocycles. The van der Waals surface area contributed by atoms with Gasteiger partial charge >= 0.3 is 0 Å². The van der Waals surface area contributed by atoms with E-state index in [4.69, 9.17) is 0 Å². The van der Waals surface area contributed by atoms with Crippen LogP contribution in [0.1, 0.15) is 22.0 Å². The van der Waals surface area contributed by atoms with Crippen molar-refractivity contribution in [3.63, 3.8) is 0 Å². The van der Waals surface area contributed by atoms with Gasteiger partial charge in [0.15, 0.2) is 0 Å². The number of rotatable bonds is 5. The summed E-state index contributed by atoms with van der Waals surface area (Å²) in [7, 11) is 1.85. The number of amides is 1. The second-order valence-electron chi connectivity index (χ2n) is 5.52. The van der Waals surface area contributed by atoms with Crippen molar-refractivity contribution in [2.75, 3.05) is 7.05 Å². The Labute approximate surface area is 146 Å². The lowest BCUT2D eigenvalue weighted by molar-refractivity contribution is -0.126. The van der Waals surface area contributed by atoms with Crippen molar-refractivity contribution < 1.29 is 4.79 Å². The normalized spacial score (nSPS) is 11.1. The van der Waals surface area contributed by atoms with Crippen LogP contribution in [-0.2, 0) is 4.79 Å². The van der Waals surface area contributed by atoms with Crippen LogP contribution in [0, 0.1) is 0 Å². The van der Waals surface area contributed by atoms with E-state index < -0.39 is 0 Å². The molecule has 0 aliphatic rings. The Morgan fingerprint density at radius 3 is 2.00 bits per heavy atom. The molecule has 0 saturated carbocycles. The second kappa shape index (κ2) is 7.75. The molecule has 3 heteroatoms. The van der Waals surface area contributed by atoms with Crippen LogP contribution in [-0.4, -0.2) is 17.9 Å². The molecule has 3 aromatic rings. The van der Waals surface area contributed by atoms with Crippen LogP contribution in [0.3, 0.4) is 0 Å². The molecule has 0 spiro atoms. The zero-order valence-electron chi connectivity index (χ0n) is 13.5. The molecular formula is C21H19NOS. The van der Waals surface area contributed by atoms with Gasteiger partial charge in [-0.05, 0) is 28.6 Å². The molecule has 0 atom stereocenters. The number of hydrogen-bond donors (Lipinski definition) is 0. The summed E-state index contributed by atoms with van der Waals surface area (Å²) in [5, 5.41) is 2.00. The first-order chi connectivity index (χ1) is 11.8. The van der Waals surface area contributed by atoms with Crippen molar-refractivity contribution in [3.8, 4) is 0 Å². The molecule has 0 aliphatic heterocycles. The van der Waals surface area contributed by atoms with E-state index in [0.29, 0.717) is 0 Å². The van der Waals surface area contributed by atoms with Crippen molar-refractivity contribution >= 4 is 23.3 Å². The minimum Gasteiger partial charge on any atom is -0.331 e. The minimum atomic E-state index is -0.104. The lowest BCUT2D eigenvalue weighted by Crippen LogP contribution is -2.30. The number of nitrogens with zero attached hydrogens (tertiary/aromatic N) is 1. The predicted octanol–water partition coefficient (Wildman–Crippen LogP) is 5.01. The summed E-state index contributed by atoms with van der Waals surface area (Å²) in [6.07, 6.45) is 3.52. The molecule has 3 rings (SSSR count). The standard InChI is InChI=1S/C21H19NOS/c1-22(20(23)15-14-19-13-8-16-24-19)21(17-9-4-2-5-10-17)18-11-6-3-7-12-18/h2-16,21H,1H3/b15-14+. The monoisotopic (exact) mass is 333 g/mol. The van der Waals surface area contributed by atoms with Gasteiger partial charge in [0.25, 0.3) is 0 Å². The summed E-state index contributed by atoms with van der Waals surface area (Å²) >= 11 is 1.62. The minimum absolute atomic E-state index is 0.0129. The summed E-state index contributed by atoms with van der Waals surface area (Å²) in [5.74, 6) is -0.0129. The molecule has 0 N–H and O–H groups in total. The fourth-order valence-corrected chi connectivity index (χ4v) is 3.31. The lowest BCUT2D eigenvalue weighted by Gasteiger charge is -2.28. The topological polar surface area (TPSA) is 20.3 Å². The Balaban J connectivity index is 1.89. The predicted molar refractivity (Wildman–Crippen MR) is 101 cm³/mol. The molecule has 2 nitrogen and oxygen atoms in total. The third-order valence-electron chi connectivity index (χ3n) is 3.90. The molecule has 0 radical (unpaired) electrons.